The van der Waals surface area contributed by atoms with Gasteiger partial charge in [0.25, 0.3) is 5.91 Å². The maximum atomic E-state index is 13.5. The van der Waals surface area contributed by atoms with Crippen LogP contribution in [0.2, 0.25) is 0 Å². The first-order chi connectivity index (χ1) is 15.5. The van der Waals surface area contributed by atoms with Crippen molar-refractivity contribution < 1.29 is 9.18 Å². The lowest BCUT2D eigenvalue weighted by molar-refractivity contribution is 0.0985. The Bertz CT molecular complexity index is 1040. The Hall–Kier alpha value is -2.94. The van der Waals surface area contributed by atoms with Crippen molar-refractivity contribution >= 4 is 29.4 Å². The molecule has 0 bridgehead atoms. The van der Waals surface area contributed by atoms with Gasteiger partial charge in [-0.15, -0.1) is 0 Å². The molecule has 2 N–H and O–H groups in total. The SMILES string of the molecule is CN1CCN(c2ccc(CN(C(=O)c3ccc(SN)cc3)c3ccc(F)cc3)cn2)CC1. The highest BCUT2D eigenvalue weighted by Crippen LogP contribution is 2.23. The molecule has 3 aromatic rings. The average molecular weight is 452 g/mol. The van der Waals surface area contributed by atoms with Crippen LogP contribution in [0, 0.1) is 5.82 Å². The maximum absolute atomic E-state index is 13.5. The number of carbonyl (C=O) groups excluding carboxylic acids is 1. The standard InChI is InChI=1S/C24H26FN5OS/c1-28-12-14-29(15-13-28)23-11-2-18(16-27-23)17-30(21-7-5-20(25)6-8-21)24(31)19-3-9-22(32-26)10-4-19/h2-11,16H,12-15,17,26H2,1H3. The van der Waals surface area contributed by atoms with Crippen LogP contribution in [0.1, 0.15) is 15.9 Å². The lowest BCUT2D eigenvalue weighted by Crippen LogP contribution is -2.44. The Balaban J connectivity index is 1.56. The van der Waals surface area contributed by atoms with Crippen LogP contribution < -0.4 is 14.9 Å². The number of nitrogens with two attached hydrogens (primary N) is 1. The molecule has 1 fully saturated rings. The highest BCUT2D eigenvalue weighted by atomic mass is 32.2. The summed E-state index contributed by atoms with van der Waals surface area (Å²) in [4.78, 5) is 25.1. The molecule has 1 aliphatic heterocycles. The van der Waals surface area contributed by atoms with Crippen molar-refractivity contribution in [3.63, 3.8) is 0 Å². The van der Waals surface area contributed by atoms with Gasteiger partial charge in [0.2, 0.25) is 0 Å². The molecular weight excluding hydrogens is 425 g/mol. The normalized spacial score (nSPS) is 14.4. The van der Waals surface area contributed by atoms with E-state index in [0.29, 0.717) is 17.8 Å². The van der Waals surface area contributed by atoms with E-state index in [-0.39, 0.29) is 11.7 Å². The molecule has 1 aromatic heterocycles. The summed E-state index contributed by atoms with van der Waals surface area (Å²) in [5.74, 6) is 0.424. The molecule has 2 aromatic carbocycles. The van der Waals surface area contributed by atoms with Crippen LogP contribution in [-0.4, -0.2) is 49.0 Å². The van der Waals surface area contributed by atoms with E-state index in [2.05, 4.69) is 21.8 Å². The number of benzene rings is 2. The second-order valence-electron chi connectivity index (χ2n) is 7.82. The number of carbonyl (C=O) groups is 1. The van der Waals surface area contributed by atoms with Crippen molar-refractivity contribution in [2.75, 3.05) is 43.0 Å². The molecular formula is C24H26FN5OS. The van der Waals surface area contributed by atoms with Crippen molar-refractivity contribution in [1.82, 2.24) is 9.88 Å². The Labute approximate surface area is 192 Å². The van der Waals surface area contributed by atoms with Crippen LogP contribution >= 0.6 is 11.9 Å². The minimum atomic E-state index is -0.344. The van der Waals surface area contributed by atoms with E-state index in [4.69, 9.17) is 5.14 Å². The smallest absolute Gasteiger partial charge is 0.258 e. The molecule has 0 atom stereocenters. The lowest BCUT2D eigenvalue weighted by atomic mass is 10.1. The summed E-state index contributed by atoms with van der Waals surface area (Å²) in [6, 6.07) is 17.1. The zero-order valence-corrected chi connectivity index (χ0v) is 18.8. The second-order valence-corrected chi connectivity index (χ2v) is 8.53. The molecule has 6 nitrogen and oxygen atoms in total. The Morgan fingerprint density at radius 3 is 2.31 bits per heavy atom. The number of rotatable bonds is 6. The molecule has 1 saturated heterocycles. The summed E-state index contributed by atoms with van der Waals surface area (Å²) in [6.45, 7) is 4.24. The summed E-state index contributed by atoms with van der Waals surface area (Å²) in [7, 11) is 2.12. The minimum Gasteiger partial charge on any atom is -0.354 e. The summed E-state index contributed by atoms with van der Waals surface area (Å²) in [5.41, 5.74) is 2.06. The van der Waals surface area contributed by atoms with Crippen molar-refractivity contribution in [3.05, 3.63) is 83.8 Å². The number of piperazine rings is 1. The molecule has 1 amide bonds. The Kier molecular flexibility index (Phi) is 7.04. The molecule has 0 unspecified atom stereocenters. The molecule has 0 radical (unpaired) electrons. The van der Waals surface area contributed by atoms with Crippen LogP contribution in [0.15, 0.2) is 71.8 Å². The van der Waals surface area contributed by atoms with Gasteiger partial charge >= 0.3 is 0 Å². The fourth-order valence-corrected chi connectivity index (χ4v) is 3.94. The number of hydrogen-bond donors (Lipinski definition) is 1. The fourth-order valence-electron chi connectivity index (χ4n) is 3.65. The van der Waals surface area contributed by atoms with Gasteiger partial charge in [-0.05, 0) is 79.2 Å². The van der Waals surface area contributed by atoms with Crippen molar-refractivity contribution in [1.29, 1.82) is 0 Å². The van der Waals surface area contributed by atoms with Gasteiger partial charge in [-0.2, -0.15) is 0 Å². The Morgan fingerprint density at radius 2 is 1.72 bits per heavy atom. The minimum absolute atomic E-state index is 0.173. The first-order valence-electron chi connectivity index (χ1n) is 10.5. The maximum Gasteiger partial charge on any atom is 0.258 e. The largest absolute Gasteiger partial charge is 0.354 e. The van der Waals surface area contributed by atoms with Gasteiger partial charge in [-0.3, -0.25) is 9.93 Å². The number of hydrogen-bond acceptors (Lipinski definition) is 6. The summed E-state index contributed by atoms with van der Waals surface area (Å²) >= 11 is 1.13. The lowest BCUT2D eigenvalue weighted by Gasteiger charge is -2.33. The molecule has 0 aliphatic carbocycles. The third kappa shape index (κ3) is 5.27. The molecule has 4 rings (SSSR count). The predicted octanol–water partition coefficient (Wildman–Crippen LogP) is 3.79. The summed E-state index contributed by atoms with van der Waals surface area (Å²) < 4.78 is 13.5. The van der Waals surface area contributed by atoms with E-state index in [0.717, 1.165) is 54.4 Å². The van der Waals surface area contributed by atoms with Crippen molar-refractivity contribution in [3.8, 4) is 0 Å². The quantitative estimate of drug-likeness (QED) is 0.576. The molecule has 0 saturated carbocycles. The molecule has 32 heavy (non-hydrogen) atoms. The summed E-state index contributed by atoms with van der Waals surface area (Å²) in [6.07, 6.45) is 1.81. The topological polar surface area (TPSA) is 65.7 Å². The highest BCUT2D eigenvalue weighted by molar-refractivity contribution is 7.97. The van der Waals surface area contributed by atoms with Crippen LogP contribution in [0.3, 0.4) is 0 Å². The van der Waals surface area contributed by atoms with E-state index < -0.39 is 0 Å². The zero-order chi connectivity index (χ0) is 22.5. The van der Waals surface area contributed by atoms with E-state index in [9.17, 15) is 9.18 Å². The van der Waals surface area contributed by atoms with E-state index in [1.54, 1.807) is 29.2 Å². The number of nitrogens with zero attached hydrogens (tertiary/aromatic N) is 4. The zero-order valence-electron chi connectivity index (χ0n) is 17.9. The van der Waals surface area contributed by atoms with Gasteiger partial charge in [0.1, 0.15) is 11.6 Å². The first kappa shape index (κ1) is 22.3. The van der Waals surface area contributed by atoms with E-state index in [1.165, 1.54) is 12.1 Å². The van der Waals surface area contributed by atoms with Gasteiger partial charge in [0.15, 0.2) is 0 Å². The highest BCUT2D eigenvalue weighted by Gasteiger charge is 2.20. The number of amides is 1. The Morgan fingerprint density at radius 1 is 1.03 bits per heavy atom. The van der Waals surface area contributed by atoms with Gasteiger partial charge < -0.3 is 14.7 Å². The van der Waals surface area contributed by atoms with E-state index in [1.807, 2.05) is 30.5 Å². The first-order valence-corrected chi connectivity index (χ1v) is 11.3. The number of anilines is 2. The van der Waals surface area contributed by atoms with Crippen LogP contribution in [-0.2, 0) is 6.54 Å². The van der Waals surface area contributed by atoms with Gasteiger partial charge in [0.05, 0.1) is 6.54 Å². The molecule has 8 heteroatoms. The van der Waals surface area contributed by atoms with Gasteiger partial charge in [-0.1, -0.05) is 6.07 Å². The van der Waals surface area contributed by atoms with Gasteiger partial charge in [-0.25, -0.2) is 9.37 Å². The fraction of sp³-hybridized carbons (Fsp3) is 0.250. The van der Waals surface area contributed by atoms with Crippen LogP contribution in [0.25, 0.3) is 0 Å². The van der Waals surface area contributed by atoms with Crippen molar-refractivity contribution in [2.24, 2.45) is 5.14 Å². The third-order valence-electron chi connectivity index (χ3n) is 5.60. The second kappa shape index (κ2) is 10.1. The van der Waals surface area contributed by atoms with Crippen LogP contribution in [0.4, 0.5) is 15.9 Å². The molecule has 2 heterocycles. The monoisotopic (exact) mass is 451 g/mol. The molecule has 1 aliphatic rings. The van der Waals surface area contributed by atoms with Gasteiger partial charge in [0, 0.05) is 48.5 Å². The summed E-state index contributed by atoms with van der Waals surface area (Å²) in [5, 5.41) is 5.59. The molecule has 166 valence electrons. The van der Waals surface area contributed by atoms with Crippen molar-refractivity contribution in [2.45, 2.75) is 11.4 Å². The van der Waals surface area contributed by atoms with E-state index >= 15 is 0 Å². The predicted molar refractivity (Wildman–Crippen MR) is 127 cm³/mol. The van der Waals surface area contributed by atoms with Crippen LogP contribution in [0.5, 0.6) is 0 Å². The third-order valence-corrected chi connectivity index (χ3v) is 6.14. The number of aromatic nitrogens is 1. The molecule has 0 spiro atoms. The number of halogens is 1. The average Bonchev–Trinajstić information content (AvgIpc) is 2.84. The number of pyridine rings is 1. The number of likely N-dealkylation sites (N-methyl/N-ethyl adjacent to an activating group) is 1.